The zero-order valence-corrected chi connectivity index (χ0v) is 18.7. The van der Waals surface area contributed by atoms with Crippen molar-refractivity contribution in [2.24, 2.45) is 4.99 Å². The molecule has 6 nitrogen and oxygen atoms in total. The Hall–Kier alpha value is -2.93. The van der Waals surface area contributed by atoms with Gasteiger partial charge in [0, 0.05) is 29.7 Å². The van der Waals surface area contributed by atoms with Gasteiger partial charge in [-0.25, -0.2) is 0 Å². The molecule has 3 N–H and O–H groups in total. The van der Waals surface area contributed by atoms with Crippen molar-refractivity contribution in [3.8, 4) is 11.5 Å². The monoisotopic (exact) mass is 449 g/mol. The van der Waals surface area contributed by atoms with Gasteiger partial charge in [-0.2, -0.15) is 0 Å². The summed E-state index contributed by atoms with van der Waals surface area (Å²) in [5.41, 5.74) is 3.09. The molecule has 0 radical (unpaired) electrons. The number of H-pyrrole nitrogens is 1. The summed E-state index contributed by atoms with van der Waals surface area (Å²) < 4.78 is 6.15. The molecule has 0 spiro atoms. The number of para-hydroxylation sites is 1. The lowest BCUT2D eigenvalue weighted by Crippen LogP contribution is -2.14. The van der Waals surface area contributed by atoms with E-state index in [1.54, 1.807) is 11.8 Å². The topological polar surface area (TPSA) is 86.7 Å². The van der Waals surface area contributed by atoms with Crippen LogP contribution in [0, 0.1) is 0 Å². The van der Waals surface area contributed by atoms with Crippen LogP contribution in [0.4, 0.5) is 5.69 Å². The van der Waals surface area contributed by atoms with E-state index in [0.29, 0.717) is 12.5 Å². The van der Waals surface area contributed by atoms with E-state index in [0.717, 1.165) is 44.6 Å². The van der Waals surface area contributed by atoms with E-state index in [1.165, 1.54) is 25.7 Å². The van der Waals surface area contributed by atoms with Crippen molar-refractivity contribution >= 4 is 39.4 Å². The van der Waals surface area contributed by atoms with Crippen LogP contribution in [0.25, 0.3) is 10.9 Å². The molecule has 2 heterocycles. The summed E-state index contributed by atoms with van der Waals surface area (Å²) in [4.78, 5) is 19.2. The first-order valence-electron chi connectivity index (χ1n) is 11.2. The Morgan fingerprint density at radius 3 is 2.75 bits per heavy atom. The minimum atomic E-state index is -0.766. The normalized spacial score (nSPS) is 18.8. The standard InChI is InChI=1S/C25H27N3O3S/c29-23(30)11-10-18-15-32-25(27-18)22-13-16-12-20(31-19-8-2-1-3-9-19)14-21(24(16)28-22)26-17-6-4-5-7-17/h1-3,8-9,12-14,17-18,26,28H,4-7,10-11,15H2,(H,29,30)/t18-/m1/s1. The van der Waals surface area contributed by atoms with E-state index in [1.807, 2.05) is 30.3 Å². The van der Waals surface area contributed by atoms with Gasteiger partial charge in [-0.15, -0.1) is 11.8 Å². The number of fused-ring (bicyclic) bond motifs is 1. The van der Waals surface area contributed by atoms with Crippen molar-refractivity contribution in [1.82, 2.24) is 4.98 Å². The molecule has 5 rings (SSSR count). The number of carbonyl (C=O) groups is 1. The number of ether oxygens (including phenoxy) is 1. The number of aromatic nitrogens is 1. The van der Waals surface area contributed by atoms with Gasteiger partial charge in [-0.05, 0) is 43.5 Å². The highest BCUT2D eigenvalue weighted by molar-refractivity contribution is 8.14. The van der Waals surface area contributed by atoms with E-state index in [-0.39, 0.29) is 12.5 Å². The Kier molecular flexibility index (Phi) is 6.08. The zero-order valence-electron chi connectivity index (χ0n) is 17.8. The minimum absolute atomic E-state index is 0.0607. The lowest BCUT2D eigenvalue weighted by atomic mass is 10.1. The number of carboxylic acids is 1. The average Bonchev–Trinajstić information content (AvgIpc) is 3.53. The van der Waals surface area contributed by atoms with Gasteiger partial charge in [-0.3, -0.25) is 9.79 Å². The second kappa shape index (κ2) is 9.28. The predicted molar refractivity (Wildman–Crippen MR) is 130 cm³/mol. The van der Waals surface area contributed by atoms with E-state index in [4.69, 9.17) is 14.8 Å². The number of aliphatic carboxylic acids is 1. The Labute approximate surface area is 191 Å². The van der Waals surface area contributed by atoms with Gasteiger partial charge < -0.3 is 20.1 Å². The van der Waals surface area contributed by atoms with Gasteiger partial charge in [0.05, 0.1) is 22.9 Å². The first-order valence-corrected chi connectivity index (χ1v) is 12.2. The quantitative estimate of drug-likeness (QED) is 0.390. The van der Waals surface area contributed by atoms with Crippen LogP contribution in [0.1, 0.15) is 44.2 Å². The second-order valence-electron chi connectivity index (χ2n) is 8.49. The molecule has 0 unspecified atom stereocenters. The summed E-state index contributed by atoms with van der Waals surface area (Å²) in [6.45, 7) is 0. The molecule has 1 atom stereocenters. The Morgan fingerprint density at radius 2 is 1.97 bits per heavy atom. The van der Waals surface area contributed by atoms with E-state index in [2.05, 4.69) is 28.5 Å². The smallest absolute Gasteiger partial charge is 0.303 e. The van der Waals surface area contributed by atoms with Gasteiger partial charge in [0.1, 0.15) is 16.5 Å². The molecule has 0 amide bonds. The third kappa shape index (κ3) is 4.78. The van der Waals surface area contributed by atoms with Crippen molar-refractivity contribution in [3.63, 3.8) is 0 Å². The zero-order chi connectivity index (χ0) is 21.9. The predicted octanol–water partition coefficient (Wildman–Crippen LogP) is 6.04. The van der Waals surface area contributed by atoms with Crippen LogP contribution in [-0.2, 0) is 4.79 Å². The van der Waals surface area contributed by atoms with Crippen molar-refractivity contribution < 1.29 is 14.6 Å². The number of hydrogen-bond donors (Lipinski definition) is 3. The van der Waals surface area contributed by atoms with Crippen LogP contribution in [-0.4, -0.2) is 38.9 Å². The summed E-state index contributed by atoms with van der Waals surface area (Å²) in [5, 5.41) is 14.7. The third-order valence-corrected chi connectivity index (χ3v) is 7.18. The number of nitrogens with zero attached hydrogens (tertiary/aromatic N) is 1. The minimum Gasteiger partial charge on any atom is -0.481 e. The molecular formula is C25H27N3O3S. The summed E-state index contributed by atoms with van der Waals surface area (Å²) in [7, 11) is 0. The highest BCUT2D eigenvalue weighted by Gasteiger charge is 2.23. The van der Waals surface area contributed by atoms with Crippen LogP contribution >= 0.6 is 11.8 Å². The molecule has 3 aromatic rings. The lowest BCUT2D eigenvalue weighted by Gasteiger charge is -2.16. The fraction of sp³-hybridized carbons (Fsp3) is 0.360. The van der Waals surface area contributed by atoms with Crippen molar-refractivity contribution in [2.75, 3.05) is 11.1 Å². The largest absolute Gasteiger partial charge is 0.481 e. The fourth-order valence-electron chi connectivity index (χ4n) is 4.42. The van der Waals surface area contributed by atoms with E-state index in [9.17, 15) is 4.79 Å². The number of benzene rings is 2. The highest BCUT2D eigenvalue weighted by atomic mass is 32.2. The van der Waals surface area contributed by atoms with Gasteiger partial charge in [0.15, 0.2) is 0 Å². The molecule has 166 valence electrons. The SMILES string of the molecule is O=C(O)CC[C@@H]1CSC(c2cc3cc(Oc4ccccc4)cc(NC4CCCC4)c3[nH]2)=N1. The van der Waals surface area contributed by atoms with Gasteiger partial charge in [0.25, 0.3) is 0 Å². The van der Waals surface area contributed by atoms with Crippen LogP contribution < -0.4 is 10.1 Å². The lowest BCUT2D eigenvalue weighted by molar-refractivity contribution is -0.137. The maximum Gasteiger partial charge on any atom is 0.303 e. The van der Waals surface area contributed by atoms with Crippen LogP contribution in [0.3, 0.4) is 0 Å². The molecule has 0 saturated heterocycles. The van der Waals surface area contributed by atoms with Gasteiger partial charge >= 0.3 is 5.97 Å². The molecular weight excluding hydrogens is 422 g/mol. The number of rotatable bonds is 8. The van der Waals surface area contributed by atoms with Crippen LogP contribution in [0.15, 0.2) is 53.5 Å². The fourth-order valence-corrected chi connectivity index (χ4v) is 5.50. The van der Waals surface area contributed by atoms with Gasteiger partial charge in [-0.1, -0.05) is 31.0 Å². The van der Waals surface area contributed by atoms with Gasteiger partial charge in [0.2, 0.25) is 0 Å². The number of aliphatic imine (C=N–C) groups is 1. The Morgan fingerprint density at radius 1 is 1.16 bits per heavy atom. The molecule has 2 aromatic carbocycles. The molecule has 1 saturated carbocycles. The first-order chi connectivity index (χ1) is 15.6. The third-order valence-electron chi connectivity index (χ3n) is 6.03. The van der Waals surface area contributed by atoms with Crippen LogP contribution in [0.2, 0.25) is 0 Å². The summed E-state index contributed by atoms with van der Waals surface area (Å²) >= 11 is 1.69. The molecule has 2 aliphatic rings. The molecule has 0 bridgehead atoms. The number of anilines is 1. The van der Waals surface area contributed by atoms with E-state index >= 15 is 0 Å². The highest BCUT2D eigenvalue weighted by Crippen LogP contribution is 2.36. The van der Waals surface area contributed by atoms with Crippen molar-refractivity contribution in [1.29, 1.82) is 0 Å². The second-order valence-corrected chi connectivity index (χ2v) is 9.50. The summed E-state index contributed by atoms with van der Waals surface area (Å²) in [6, 6.07) is 16.6. The molecule has 32 heavy (non-hydrogen) atoms. The van der Waals surface area contributed by atoms with E-state index < -0.39 is 5.97 Å². The maximum atomic E-state index is 10.9. The number of nitrogens with one attached hydrogen (secondary N) is 2. The molecule has 1 fully saturated rings. The number of aromatic amines is 1. The summed E-state index contributed by atoms with van der Waals surface area (Å²) in [5.74, 6) is 1.67. The average molecular weight is 450 g/mol. The molecule has 7 heteroatoms. The number of carboxylic acid groups (broad SMARTS) is 1. The Bertz CT molecular complexity index is 1140. The Balaban J connectivity index is 1.46. The van der Waals surface area contributed by atoms with Crippen molar-refractivity contribution in [3.05, 3.63) is 54.2 Å². The van der Waals surface area contributed by atoms with Crippen molar-refractivity contribution in [2.45, 2.75) is 50.6 Å². The number of thioether (sulfide) groups is 1. The molecule has 1 aliphatic carbocycles. The maximum absolute atomic E-state index is 10.9. The summed E-state index contributed by atoms with van der Waals surface area (Å²) in [6.07, 6.45) is 5.64. The number of hydrogen-bond acceptors (Lipinski definition) is 5. The molecule has 1 aliphatic heterocycles. The van der Waals surface area contributed by atoms with Crippen LogP contribution in [0.5, 0.6) is 11.5 Å². The first kappa shape index (κ1) is 20.9. The molecule has 1 aromatic heterocycles.